The third-order valence-corrected chi connectivity index (χ3v) is 4.64. The van der Waals surface area contributed by atoms with Crippen LogP contribution in [0.5, 0.6) is 5.75 Å². The van der Waals surface area contributed by atoms with Crippen LogP contribution >= 0.6 is 0 Å². The van der Waals surface area contributed by atoms with Crippen LogP contribution in [0.4, 0.5) is 10.2 Å². The van der Waals surface area contributed by atoms with E-state index in [1.165, 1.54) is 18.2 Å². The summed E-state index contributed by atoms with van der Waals surface area (Å²) >= 11 is 0. The second-order valence-electron chi connectivity index (χ2n) is 6.46. The molecule has 128 valence electrons. The molecule has 2 aromatic carbocycles. The molecular formula is C19H19FN4O. The Hall–Kier alpha value is -2.73. The first-order valence-electron chi connectivity index (χ1n) is 8.35. The quantitative estimate of drug-likeness (QED) is 0.684. The molecule has 0 saturated carbocycles. The van der Waals surface area contributed by atoms with Crippen LogP contribution in [0.15, 0.2) is 42.5 Å². The normalized spacial score (nSPS) is 20.1. The Morgan fingerprint density at radius 2 is 2.00 bits per heavy atom. The fraction of sp³-hybridized carbons (Fsp3) is 0.263. The van der Waals surface area contributed by atoms with Gasteiger partial charge in [-0.1, -0.05) is 19.1 Å². The van der Waals surface area contributed by atoms with Gasteiger partial charge < -0.3 is 15.7 Å². The molecule has 0 radical (unpaired) electrons. The minimum atomic E-state index is -0.437. The Morgan fingerprint density at radius 3 is 2.80 bits per heavy atom. The molecule has 6 heteroatoms. The van der Waals surface area contributed by atoms with Crippen molar-refractivity contribution >= 4 is 16.7 Å². The Morgan fingerprint density at radius 1 is 1.16 bits per heavy atom. The number of hydrogen-bond acceptors (Lipinski definition) is 5. The average Bonchev–Trinajstić information content (AvgIpc) is 3.02. The third kappa shape index (κ3) is 3.00. The van der Waals surface area contributed by atoms with Gasteiger partial charge in [-0.25, -0.2) is 14.4 Å². The Labute approximate surface area is 144 Å². The Balaban J connectivity index is 1.84. The second-order valence-corrected chi connectivity index (χ2v) is 6.46. The highest BCUT2D eigenvalue weighted by atomic mass is 19.1. The lowest BCUT2D eigenvalue weighted by Crippen LogP contribution is -2.27. The molecular weight excluding hydrogens is 319 g/mol. The van der Waals surface area contributed by atoms with Crippen LogP contribution in [0.1, 0.15) is 6.92 Å². The van der Waals surface area contributed by atoms with Gasteiger partial charge in [-0.2, -0.15) is 0 Å². The summed E-state index contributed by atoms with van der Waals surface area (Å²) in [5.74, 6) is 0.993. The second kappa shape index (κ2) is 6.29. The van der Waals surface area contributed by atoms with Gasteiger partial charge in [-0.05, 0) is 42.8 Å². The lowest BCUT2D eigenvalue weighted by Gasteiger charge is -2.19. The molecule has 1 saturated heterocycles. The molecule has 0 spiro atoms. The van der Waals surface area contributed by atoms with E-state index < -0.39 is 5.82 Å². The van der Waals surface area contributed by atoms with Crippen molar-refractivity contribution < 1.29 is 9.50 Å². The minimum absolute atomic E-state index is 0.0430. The van der Waals surface area contributed by atoms with Crippen LogP contribution in [0.25, 0.3) is 22.3 Å². The highest BCUT2D eigenvalue weighted by Gasteiger charge is 2.24. The summed E-state index contributed by atoms with van der Waals surface area (Å²) in [7, 11) is 0. The van der Waals surface area contributed by atoms with Crippen molar-refractivity contribution in [2.45, 2.75) is 13.0 Å². The zero-order chi connectivity index (χ0) is 17.4. The van der Waals surface area contributed by atoms with Gasteiger partial charge in [0.2, 0.25) is 0 Å². The molecule has 1 aliphatic rings. The van der Waals surface area contributed by atoms with E-state index in [4.69, 9.17) is 0 Å². The van der Waals surface area contributed by atoms with E-state index in [-0.39, 0.29) is 17.4 Å². The van der Waals surface area contributed by atoms with Gasteiger partial charge in [0.1, 0.15) is 17.4 Å². The maximum Gasteiger partial charge on any atom is 0.165 e. The lowest BCUT2D eigenvalue weighted by molar-refractivity contribution is 0.475. The number of para-hydroxylation sites is 1. The number of fused-ring (bicyclic) bond motifs is 1. The van der Waals surface area contributed by atoms with Gasteiger partial charge in [0.15, 0.2) is 5.82 Å². The van der Waals surface area contributed by atoms with Gasteiger partial charge >= 0.3 is 0 Å². The molecule has 2 atom stereocenters. The van der Waals surface area contributed by atoms with Crippen LogP contribution < -0.4 is 10.6 Å². The van der Waals surface area contributed by atoms with E-state index >= 15 is 0 Å². The van der Waals surface area contributed by atoms with Crippen LogP contribution in [0.2, 0.25) is 0 Å². The highest BCUT2D eigenvalue weighted by Crippen LogP contribution is 2.31. The predicted molar refractivity (Wildman–Crippen MR) is 96.0 cm³/mol. The van der Waals surface area contributed by atoms with Crippen LogP contribution in [0, 0.1) is 11.7 Å². The number of hydrogen-bond donors (Lipinski definition) is 3. The molecule has 0 amide bonds. The zero-order valence-corrected chi connectivity index (χ0v) is 13.8. The topological polar surface area (TPSA) is 70.1 Å². The number of phenolic OH excluding ortho intramolecular Hbond substituents is 1. The van der Waals surface area contributed by atoms with E-state index in [2.05, 4.69) is 27.5 Å². The summed E-state index contributed by atoms with van der Waals surface area (Å²) in [5, 5.41) is 17.9. The number of rotatable bonds is 3. The predicted octanol–water partition coefficient (Wildman–Crippen LogP) is 3.16. The molecule has 0 aliphatic carbocycles. The largest absolute Gasteiger partial charge is 0.507 e. The SMILES string of the molecule is CC1CNCC1Nc1nc(-c2cc(F)ccc2O)nc2ccccc12. The molecule has 1 aromatic heterocycles. The average molecular weight is 338 g/mol. The summed E-state index contributed by atoms with van der Waals surface area (Å²) in [6.45, 7) is 4.00. The lowest BCUT2D eigenvalue weighted by atomic mass is 10.1. The first kappa shape index (κ1) is 15.8. The van der Waals surface area contributed by atoms with Crippen molar-refractivity contribution in [1.29, 1.82) is 0 Å². The molecule has 3 aromatic rings. The summed E-state index contributed by atoms with van der Waals surface area (Å²) in [6.07, 6.45) is 0. The summed E-state index contributed by atoms with van der Waals surface area (Å²) < 4.78 is 13.6. The van der Waals surface area contributed by atoms with E-state index in [1.54, 1.807) is 0 Å². The van der Waals surface area contributed by atoms with Crippen LogP contribution in [-0.4, -0.2) is 34.2 Å². The highest BCUT2D eigenvalue weighted by molar-refractivity contribution is 5.91. The van der Waals surface area contributed by atoms with Crippen molar-refractivity contribution in [3.8, 4) is 17.1 Å². The first-order valence-corrected chi connectivity index (χ1v) is 8.35. The number of halogens is 1. The van der Waals surface area contributed by atoms with E-state index in [0.29, 0.717) is 17.6 Å². The monoisotopic (exact) mass is 338 g/mol. The first-order chi connectivity index (χ1) is 12.1. The maximum atomic E-state index is 13.6. The van der Waals surface area contributed by atoms with Crippen molar-refractivity contribution in [2.24, 2.45) is 5.92 Å². The van der Waals surface area contributed by atoms with Gasteiger partial charge in [0.05, 0.1) is 11.1 Å². The molecule has 0 bridgehead atoms. The van der Waals surface area contributed by atoms with E-state index in [0.717, 1.165) is 24.0 Å². The van der Waals surface area contributed by atoms with Gasteiger partial charge in [-0.3, -0.25) is 0 Å². The molecule has 25 heavy (non-hydrogen) atoms. The van der Waals surface area contributed by atoms with Crippen LogP contribution in [0.3, 0.4) is 0 Å². The molecule has 2 heterocycles. The van der Waals surface area contributed by atoms with Gasteiger partial charge in [-0.15, -0.1) is 0 Å². The zero-order valence-electron chi connectivity index (χ0n) is 13.8. The molecule has 1 fully saturated rings. The van der Waals surface area contributed by atoms with E-state index in [9.17, 15) is 9.50 Å². The smallest absolute Gasteiger partial charge is 0.165 e. The summed E-state index contributed by atoms with van der Waals surface area (Å²) in [4.78, 5) is 9.10. The van der Waals surface area contributed by atoms with Crippen molar-refractivity contribution in [2.75, 3.05) is 18.4 Å². The number of phenols is 1. The maximum absolute atomic E-state index is 13.6. The summed E-state index contributed by atoms with van der Waals surface area (Å²) in [5.41, 5.74) is 1.03. The fourth-order valence-corrected chi connectivity index (χ4v) is 3.17. The van der Waals surface area contributed by atoms with Gasteiger partial charge in [0, 0.05) is 18.0 Å². The van der Waals surface area contributed by atoms with Crippen molar-refractivity contribution in [1.82, 2.24) is 15.3 Å². The third-order valence-electron chi connectivity index (χ3n) is 4.64. The molecule has 5 nitrogen and oxygen atoms in total. The molecule has 2 unspecified atom stereocenters. The number of nitrogens with one attached hydrogen (secondary N) is 2. The fourth-order valence-electron chi connectivity index (χ4n) is 3.17. The standard InChI is InChI=1S/C19H19FN4O/c1-11-9-21-10-16(11)23-18-13-4-2-3-5-15(13)22-19(24-18)14-8-12(20)6-7-17(14)25/h2-8,11,16,21,25H,9-10H2,1H3,(H,22,23,24). The van der Waals surface area contributed by atoms with Gasteiger partial charge in [0.25, 0.3) is 0 Å². The number of aromatic hydroxyl groups is 1. The Kier molecular flexibility index (Phi) is 3.97. The molecule has 3 N–H and O–H groups in total. The number of aromatic nitrogens is 2. The molecule has 4 rings (SSSR count). The number of benzene rings is 2. The number of nitrogens with zero attached hydrogens (tertiary/aromatic N) is 2. The Bertz CT molecular complexity index is 930. The minimum Gasteiger partial charge on any atom is -0.507 e. The molecule has 1 aliphatic heterocycles. The van der Waals surface area contributed by atoms with E-state index in [1.807, 2.05) is 24.3 Å². The number of anilines is 1. The van der Waals surface area contributed by atoms with Crippen molar-refractivity contribution in [3.63, 3.8) is 0 Å². The summed E-state index contributed by atoms with van der Waals surface area (Å²) in [6, 6.07) is 11.7. The van der Waals surface area contributed by atoms with Crippen molar-refractivity contribution in [3.05, 3.63) is 48.3 Å². The van der Waals surface area contributed by atoms with Crippen LogP contribution in [-0.2, 0) is 0 Å².